The van der Waals surface area contributed by atoms with E-state index in [9.17, 15) is 4.79 Å². The van der Waals surface area contributed by atoms with Gasteiger partial charge in [-0.25, -0.2) is 4.98 Å². The van der Waals surface area contributed by atoms with Gasteiger partial charge in [-0.2, -0.15) is 0 Å². The second-order valence-corrected chi connectivity index (χ2v) is 5.62. The van der Waals surface area contributed by atoms with Crippen molar-refractivity contribution in [3.63, 3.8) is 0 Å². The van der Waals surface area contributed by atoms with Crippen LogP contribution in [0.1, 0.15) is 6.42 Å². The number of carbonyl (C=O) groups is 1. The number of aromatic amines is 1. The smallest absolute Gasteiger partial charge is 0.319 e. The molecule has 1 atom stereocenters. The van der Waals surface area contributed by atoms with Crippen LogP contribution in [-0.4, -0.2) is 33.0 Å². The molecule has 0 radical (unpaired) electrons. The molecule has 1 aliphatic rings. The van der Waals surface area contributed by atoms with E-state index in [-0.39, 0.29) is 11.2 Å². The number of thioether (sulfide) groups is 1. The topological polar surface area (TPSA) is 67.9 Å². The van der Waals surface area contributed by atoms with Crippen molar-refractivity contribution < 1.29 is 9.53 Å². The van der Waals surface area contributed by atoms with Crippen LogP contribution in [0.15, 0.2) is 22.7 Å². The Hall–Kier alpha value is -1.34. The third-order valence-corrected chi connectivity index (χ3v) is 4.34. The van der Waals surface area contributed by atoms with Crippen molar-refractivity contribution in [2.75, 3.05) is 6.61 Å². The highest BCUT2D eigenvalue weighted by Gasteiger charge is 2.28. The highest BCUT2D eigenvalue weighted by molar-refractivity contribution is 8.00. The van der Waals surface area contributed by atoms with Crippen LogP contribution in [0.4, 0.5) is 0 Å². The normalized spacial score (nSPS) is 19.5. The van der Waals surface area contributed by atoms with Gasteiger partial charge in [0.25, 0.3) is 0 Å². The lowest BCUT2D eigenvalue weighted by Gasteiger charge is -1.99. The summed E-state index contributed by atoms with van der Waals surface area (Å²) < 4.78 is 4.89. The fourth-order valence-corrected chi connectivity index (χ4v) is 3.07. The minimum atomic E-state index is -0.169. The summed E-state index contributed by atoms with van der Waals surface area (Å²) in [6, 6.07) is 3.94. The van der Waals surface area contributed by atoms with Crippen molar-refractivity contribution in [2.24, 2.45) is 0 Å². The first-order chi connectivity index (χ1) is 8.33. The van der Waals surface area contributed by atoms with Gasteiger partial charge in [0.15, 0.2) is 5.82 Å². The van der Waals surface area contributed by atoms with Gasteiger partial charge in [-0.05, 0) is 11.4 Å². The van der Waals surface area contributed by atoms with Gasteiger partial charge in [-0.3, -0.25) is 9.89 Å². The maximum absolute atomic E-state index is 11.3. The molecule has 1 unspecified atom stereocenters. The maximum atomic E-state index is 11.3. The first-order valence-electron chi connectivity index (χ1n) is 5.12. The van der Waals surface area contributed by atoms with Gasteiger partial charge in [0.2, 0.25) is 5.16 Å². The quantitative estimate of drug-likeness (QED) is 0.861. The second kappa shape index (κ2) is 4.50. The summed E-state index contributed by atoms with van der Waals surface area (Å²) in [5.41, 5.74) is 0. The number of rotatable bonds is 3. The van der Waals surface area contributed by atoms with Gasteiger partial charge >= 0.3 is 5.97 Å². The molecule has 0 spiro atoms. The van der Waals surface area contributed by atoms with Crippen molar-refractivity contribution in [1.82, 2.24) is 15.2 Å². The fourth-order valence-electron chi connectivity index (χ4n) is 1.53. The zero-order valence-corrected chi connectivity index (χ0v) is 10.4. The highest BCUT2D eigenvalue weighted by Crippen LogP contribution is 2.29. The van der Waals surface area contributed by atoms with E-state index >= 15 is 0 Å². The molecule has 7 heteroatoms. The van der Waals surface area contributed by atoms with Crippen LogP contribution in [0.5, 0.6) is 0 Å². The molecule has 3 rings (SSSR count). The number of hydrogen-bond donors (Lipinski definition) is 1. The van der Waals surface area contributed by atoms with Gasteiger partial charge < -0.3 is 4.74 Å². The summed E-state index contributed by atoms with van der Waals surface area (Å²) in [5.74, 6) is 0.575. The molecular weight excluding hydrogens is 258 g/mol. The average molecular weight is 267 g/mol. The number of thiophene rings is 1. The molecule has 1 saturated heterocycles. The van der Waals surface area contributed by atoms with E-state index in [1.807, 2.05) is 17.5 Å². The van der Waals surface area contributed by atoms with E-state index in [4.69, 9.17) is 4.74 Å². The molecule has 2 aromatic heterocycles. The number of carbonyl (C=O) groups excluding carboxylic acids is 1. The Morgan fingerprint density at radius 1 is 1.59 bits per heavy atom. The Morgan fingerprint density at radius 2 is 2.53 bits per heavy atom. The lowest BCUT2D eigenvalue weighted by molar-refractivity contribution is -0.137. The van der Waals surface area contributed by atoms with Crippen LogP contribution in [0.25, 0.3) is 10.7 Å². The number of nitrogens with zero attached hydrogens (tertiary/aromatic N) is 2. The molecule has 1 fully saturated rings. The number of cyclic esters (lactones) is 1. The SMILES string of the molecule is O=C1OCCC1Sc1n[nH]c(-c2cccs2)n1. The summed E-state index contributed by atoms with van der Waals surface area (Å²) in [7, 11) is 0. The minimum Gasteiger partial charge on any atom is -0.465 e. The summed E-state index contributed by atoms with van der Waals surface area (Å²) in [6.45, 7) is 0.499. The van der Waals surface area contributed by atoms with E-state index in [1.54, 1.807) is 11.3 Å². The Kier molecular flexibility index (Phi) is 2.86. The molecule has 1 N–H and O–H groups in total. The maximum Gasteiger partial charge on any atom is 0.319 e. The van der Waals surface area contributed by atoms with Crippen LogP contribution in [0.3, 0.4) is 0 Å². The van der Waals surface area contributed by atoms with Gasteiger partial charge in [0.1, 0.15) is 5.25 Å². The molecule has 1 aliphatic heterocycles. The number of hydrogen-bond acceptors (Lipinski definition) is 6. The Morgan fingerprint density at radius 3 is 3.24 bits per heavy atom. The van der Waals surface area contributed by atoms with E-state index in [1.165, 1.54) is 11.8 Å². The predicted molar refractivity (Wildman–Crippen MR) is 64.9 cm³/mol. The standard InChI is InChI=1S/C10H9N3O2S2/c14-9-7(3-4-15-9)17-10-11-8(12-13-10)6-2-1-5-16-6/h1-2,5,7H,3-4H2,(H,11,12,13). The van der Waals surface area contributed by atoms with Crippen LogP contribution in [0.2, 0.25) is 0 Å². The molecule has 88 valence electrons. The fraction of sp³-hybridized carbons (Fsp3) is 0.300. The summed E-state index contributed by atoms with van der Waals surface area (Å²) in [4.78, 5) is 16.7. The van der Waals surface area contributed by atoms with Gasteiger partial charge in [-0.1, -0.05) is 17.8 Å². The van der Waals surface area contributed by atoms with Crippen molar-refractivity contribution in [3.05, 3.63) is 17.5 Å². The van der Waals surface area contributed by atoms with Gasteiger partial charge in [0, 0.05) is 6.42 Å². The lowest BCUT2D eigenvalue weighted by Crippen LogP contribution is -2.09. The van der Waals surface area contributed by atoms with Crippen LogP contribution < -0.4 is 0 Å². The number of H-pyrrole nitrogens is 1. The zero-order chi connectivity index (χ0) is 11.7. The molecular formula is C10H9N3O2S2. The largest absolute Gasteiger partial charge is 0.465 e. The van der Waals surface area contributed by atoms with Gasteiger partial charge in [0.05, 0.1) is 11.5 Å². The van der Waals surface area contributed by atoms with Crippen molar-refractivity contribution >= 4 is 29.1 Å². The third-order valence-electron chi connectivity index (χ3n) is 2.35. The summed E-state index contributed by atoms with van der Waals surface area (Å²) in [5, 5.41) is 9.38. The van der Waals surface area contributed by atoms with E-state index in [0.717, 1.165) is 17.1 Å². The average Bonchev–Trinajstić information content (AvgIpc) is 3.02. The first-order valence-corrected chi connectivity index (χ1v) is 6.88. The molecule has 5 nitrogen and oxygen atoms in total. The van der Waals surface area contributed by atoms with E-state index in [0.29, 0.717) is 11.8 Å². The van der Waals surface area contributed by atoms with Crippen molar-refractivity contribution in [3.8, 4) is 10.7 Å². The molecule has 2 aromatic rings. The van der Waals surface area contributed by atoms with Crippen molar-refractivity contribution in [1.29, 1.82) is 0 Å². The molecule has 17 heavy (non-hydrogen) atoms. The Bertz CT molecular complexity index is 523. The zero-order valence-electron chi connectivity index (χ0n) is 8.75. The predicted octanol–water partition coefficient (Wildman–Crippen LogP) is 1.94. The summed E-state index contributed by atoms with van der Waals surface area (Å²) in [6.07, 6.45) is 0.729. The third kappa shape index (κ3) is 2.20. The Labute approximate surface area is 106 Å². The number of esters is 1. The van der Waals surface area contributed by atoms with E-state index in [2.05, 4.69) is 15.2 Å². The van der Waals surface area contributed by atoms with Crippen LogP contribution >= 0.6 is 23.1 Å². The van der Waals surface area contributed by atoms with Gasteiger partial charge in [-0.15, -0.1) is 16.4 Å². The number of ether oxygens (including phenoxy) is 1. The highest BCUT2D eigenvalue weighted by atomic mass is 32.2. The first kappa shape index (κ1) is 10.8. The van der Waals surface area contributed by atoms with Crippen LogP contribution in [-0.2, 0) is 9.53 Å². The number of nitrogens with one attached hydrogen (secondary N) is 1. The molecule has 0 amide bonds. The van der Waals surface area contributed by atoms with E-state index < -0.39 is 0 Å². The monoisotopic (exact) mass is 267 g/mol. The molecule has 3 heterocycles. The second-order valence-electron chi connectivity index (χ2n) is 3.51. The van der Waals surface area contributed by atoms with Crippen molar-refractivity contribution in [2.45, 2.75) is 16.8 Å². The Balaban J connectivity index is 1.75. The molecule has 0 aromatic carbocycles. The number of aromatic nitrogens is 3. The van der Waals surface area contributed by atoms with Crippen LogP contribution in [0, 0.1) is 0 Å². The molecule has 0 aliphatic carbocycles. The summed E-state index contributed by atoms with van der Waals surface area (Å²) >= 11 is 2.95. The minimum absolute atomic E-state index is 0.165. The molecule has 0 saturated carbocycles. The molecule has 0 bridgehead atoms. The lowest BCUT2D eigenvalue weighted by atomic mass is 10.4.